The Labute approximate surface area is 162 Å². The Morgan fingerprint density at radius 2 is 1.78 bits per heavy atom. The zero-order valence-corrected chi connectivity index (χ0v) is 16.2. The van der Waals surface area contributed by atoms with Crippen molar-refractivity contribution < 1.29 is 14.7 Å². The van der Waals surface area contributed by atoms with Crippen LogP contribution in [0.25, 0.3) is 0 Å². The number of nitrogens with zero attached hydrogens (tertiary/aromatic N) is 1. The summed E-state index contributed by atoms with van der Waals surface area (Å²) >= 11 is 0. The maximum atomic E-state index is 12.6. The molecule has 0 spiro atoms. The van der Waals surface area contributed by atoms with E-state index in [1.54, 1.807) is 12.1 Å². The van der Waals surface area contributed by atoms with E-state index in [-0.39, 0.29) is 17.6 Å². The summed E-state index contributed by atoms with van der Waals surface area (Å²) in [6, 6.07) is 7.48. The first-order valence-corrected chi connectivity index (χ1v) is 10.5. The number of carbonyl (C=O) groups is 2. The number of fused-ring (bicyclic) bond motifs is 1. The fourth-order valence-electron chi connectivity index (χ4n) is 4.58. The fourth-order valence-corrected chi connectivity index (χ4v) is 4.58. The van der Waals surface area contributed by atoms with Crippen molar-refractivity contribution in [1.29, 1.82) is 0 Å². The normalized spacial score (nSPS) is 22.1. The van der Waals surface area contributed by atoms with Crippen LogP contribution in [-0.2, 0) is 16.0 Å². The van der Waals surface area contributed by atoms with Gasteiger partial charge in [-0.1, -0.05) is 25.0 Å². The summed E-state index contributed by atoms with van der Waals surface area (Å²) in [6.45, 7) is 1.48. The van der Waals surface area contributed by atoms with E-state index < -0.39 is 0 Å². The number of nitrogens with one attached hydrogen (secondary N) is 1. The van der Waals surface area contributed by atoms with Crippen LogP contribution in [0.3, 0.4) is 0 Å². The second kappa shape index (κ2) is 9.77. The number of phenols is 1. The molecule has 0 bridgehead atoms. The van der Waals surface area contributed by atoms with Crippen LogP contribution < -0.4 is 5.32 Å². The van der Waals surface area contributed by atoms with Gasteiger partial charge in [0.25, 0.3) is 0 Å². The molecule has 2 fully saturated rings. The van der Waals surface area contributed by atoms with Crippen molar-refractivity contribution in [3.8, 4) is 5.75 Å². The number of hydrogen-bond acceptors (Lipinski definition) is 3. The van der Waals surface area contributed by atoms with E-state index in [0.717, 1.165) is 31.4 Å². The smallest absolute Gasteiger partial charge is 0.222 e. The van der Waals surface area contributed by atoms with E-state index in [2.05, 4.69) is 10.2 Å². The summed E-state index contributed by atoms with van der Waals surface area (Å²) in [5.74, 6) is 1.21. The minimum atomic E-state index is 0.00997. The SMILES string of the molecule is O=C(CCCC(=O)N1CCCC2CCCCC21)NCCc1ccc(O)cc1. The van der Waals surface area contributed by atoms with Gasteiger partial charge in [-0.3, -0.25) is 9.59 Å². The highest BCUT2D eigenvalue weighted by Crippen LogP contribution is 2.35. The van der Waals surface area contributed by atoms with Crippen molar-refractivity contribution in [3.63, 3.8) is 0 Å². The molecule has 0 aromatic heterocycles. The maximum Gasteiger partial charge on any atom is 0.222 e. The van der Waals surface area contributed by atoms with Gasteiger partial charge in [0.05, 0.1) is 0 Å². The topological polar surface area (TPSA) is 69.6 Å². The maximum absolute atomic E-state index is 12.6. The number of likely N-dealkylation sites (tertiary alicyclic amines) is 1. The zero-order chi connectivity index (χ0) is 19.1. The Balaban J connectivity index is 1.33. The van der Waals surface area contributed by atoms with Crippen LogP contribution in [0.2, 0.25) is 0 Å². The largest absolute Gasteiger partial charge is 0.508 e. The molecule has 1 aromatic rings. The van der Waals surface area contributed by atoms with Gasteiger partial charge in [-0.15, -0.1) is 0 Å². The number of benzene rings is 1. The Morgan fingerprint density at radius 1 is 1.04 bits per heavy atom. The number of amides is 2. The fraction of sp³-hybridized carbons (Fsp3) is 0.636. The monoisotopic (exact) mass is 372 g/mol. The predicted octanol–water partition coefficient (Wildman–Crippen LogP) is 3.40. The van der Waals surface area contributed by atoms with E-state index in [9.17, 15) is 14.7 Å². The van der Waals surface area contributed by atoms with Crippen LogP contribution in [-0.4, -0.2) is 41.0 Å². The van der Waals surface area contributed by atoms with Gasteiger partial charge in [-0.2, -0.15) is 0 Å². The number of aromatic hydroxyl groups is 1. The summed E-state index contributed by atoms with van der Waals surface area (Å²) in [7, 11) is 0. The van der Waals surface area contributed by atoms with Crippen LogP contribution in [0.15, 0.2) is 24.3 Å². The van der Waals surface area contributed by atoms with Crippen molar-refractivity contribution in [2.75, 3.05) is 13.1 Å². The van der Waals surface area contributed by atoms with E-state index in [1.807, 2.05) is 12.1 Å². The highest BCUT2D eigenvalue weighted by Gasteiger charge is 2.35. The van der Waals surface area contributed by atoms with Gasteiger partial charge in [-0.25, -0.2) is 0 Å². The molecule has 1 aromatic carbocycles. The lowest BCUT2D eigenvalue weighted by Crippen LogP contribution is -2.49. The lowest BCUT2D eigenvalue weighted by molar-refractivity contribution is -0.137. The molecule has 2 N–H and O–H groups in total. The molecule has 2 aliphatic rings. The predicted molar refractivity (Wildman–Crippen MR) is 105 cm³/mol. The van der Waals surface area contributed by atoms with Crippen LogP contribution in [0, 0.1) is 5.92 Å². The first-order chi connectivity index (χ1) is 13.1. The third kappa shape index (κ3) is 5.72. The van der Waals surface area contributed by atoms with Gasteiger partial charge in [0.15, 0.2) is 0 Å². The van der Waals surface area contributed by atoms with Crippen molar-refractivity contribution >= 4 is 11.8 Å². The molecule has 2 amide bonds. The molecule has 5 heteroatoms. The number of carbonyl (C=O) groups excluding carboxylic acids is 2. The molecular weight excluding hydrogens is 340 g/mol. The molecule has 2 atom stereocenters. The Kier molecular flexibility index (Phi) is 7.13. The molecule has 1 saturated carbocycles. The van der Waals surface area contributed by atoms with E-state index in [0.29, 0.717) is 37.8 Å². The summed E-state index contributed by atoms with van der Waals surface area (Å²) in [6.07, 6.45) is 9.65. The molecule has 3 rings (SSSR count). The van der Waals surface area contributed by atoms with Crippen molar-refractivity contribution in [3.05, 3.63) is 29.8 Å². The molecule has 1 saturated heterocycles. The Bertz CT molecular complexity index is 627. The third-order valence-electron chi connectivity index (χ3n) is 6.03. The highest BCUT2D eigenvalue weighted by atomic mass is 16.3. The summed E-state index contributed by atoms with van der Waals surface area (Å²) in [5, 5.41) is 12.2. The molecule has 0 radical (unpaired) electrons. The van der Waals surface area contributed by atoms with Gasteiger partial charge in [0.1, 0.15) is 5.75 Å². The number of rotatable bonds is 7. The number of hydrogen-bond donors (Lipinski definition) is 2. The summed E-state index contributed by atoms with van der Waals surface area (Å²) in [5.41, 5.74) is 1.08. The van der Waals surface area contributed by atoms with Crippen LogP contribution in [0.5, 0.6) is 5.75 Å². The Hall–Kier alpha value is -2.04. The average Bonchev–Trinajstić information content (AvgIpc) is 2.69. The van der Waals surface area contributed by atoms with Gasteiger partial charge in [0, 0.05) is 32.0 Å². The molecule has 148 valence electrons. The number of phenolic OH excluding ortho intramolecular Hbond substituents is 1. The molecule has 1 heterocycles. The standard InChI is InChI=1S/C22H32N2O3/c25-19-12-10-17(11-13-19)14-15-23-21(26)8-3-9-22(27)24-16-4-6-18-5-1-2-7-20(18)24/h10-13,18,20,25H,1-9,14-16H2,(H,23,26). The molecule has 27 heavy (non-hydrogen) atoms. The second-order valence-electron chi connectivity index (χ2n) is 7.96. The van der Waals surface area contributed by atoms with Gasteiger partial charge < -0.3 is 15.3 Å². The van der Waals surface area contributed by atoms with Crippen molar-refractivity contribution in [1.82, 2.24) is 10.2 Å². The second-order valence-corrected chi connectivity index (χ2v) is 7.96. The zero-order valence-electron chi connectivity index (χ0n) is 16.2. The average molecular weight is 373 g/mol. The first kappa shape index (κ1) is 19.7. The van der Waals surface area contributed by atoms with E-state index in [1.165, 1.54) is 25.7 Å². The van der Waals surface area contributed by atoms with Crippen LogP contribution in [0.1, 0.15) is 63.4 Å². The Morgan fingerprint density at radius 3 is 2.59 bits per heavy atom. The van der Waals surface area contributed by atoms with E-state index >= 15 is 0 Å². The van der Waals surface area contributed by atoms with Crippen LogP contribution >= 0.6 is 0 Å². The molecule has 5 nitrogen and oxygen atoms in total. The molecule has 1 aliphatic carbocycles. The lowest BCUT2D eigenvalue weighted by Gasteiger charge is -2.44. The quantitative estimate of drug-likeness (QED) is 0.771. The highest BCUT2D eigenvalue weighted by molar-refractivity contribution is 5.79. The van der Waals surface area contributed by atoms with Gasteiger partial charge >= 0.3 is 0 Å². The minimum absolute atomic E-state index is 0.00997. The number of piperidine rings is 1. The minimum Gasteiger partial charge on any atom is -0.508 e. The molecular formula is C22H32N2O3. The van der Waals surface area contributed by atoms with Gasteiger partial charge in [0.2, 0.25) is 11.8 Å². The van der Waals surface area contributed by atoms with Crippen LogP contribution in [0.4, 0.5) is 0 Å². The molecule has 1 aliphatic heterocycles. The molecule has 2 unspecified atom stereocenters. The summed E-state index contributed by atoms with van der Waals surface area (Å²) < 4.78 is 0. The third-order valence-corrected chi connectivity index (χ3v) is 6.03. The van der Waals surface area contributed by atoms with E-state index in [4.69, 9.17) is 0 Å². The summed E-state index contributed by atoms with van der Waals surface area (Å²) in [4.78, 5) is 26.8. The van der Waals surface area contributed by atoms with Gasteiger partial charge in [-0.05, 0) is 62.1 Å². The lowest BCUT2D eigenvalue weighted by atomic mass is 9.78. The van der Waals surface area contributed by atoms with Crippen molar-refractivity contribution in [2.45, 2.75) is 70.3 Å². The van der Waals surface area contributed by atoms with Crippen molar-refractivity contribution in [2.24, 2.45) is 5.92 Å². The first-order valence-electron chi connectivity index (χ1n) is 10.5.